The van der Waals surface area contributed by atoms with Crippen LogP contribution < -0.4 is 15.5 Å². The Bertz CT molecular complexity index is 966. The summed E-state index contributed by atoms with van der Waals surface area (Å²) in [5.41, 5.74) is 2.37. The van der Waals surface area contributed by atoms with Gasteiger partial charge in [0, 0.05) is 38.9 Å². The minimum absolute atomic E-state index is 0.0921. The third kappa shape index (κ3) is 5.91. The molecular weight excluding hydrogens is 437 g/mol. The molecule has 1 atom stereocenters. The number of anilines is 3. The molecule has 2 aliphatic rings. The van der Waals surface area contributed by atoms with Crippen molar-refractivity contribution in [1.82, 2.24) is 19.9 Å². The van der Waals surface area contributed by atoms with Crippen molar-refractivity contribution in [3.63, 3.8) is 0 Å². The lowest BCUT2D eigenvalue weighted by Gasteiger charge is -2.33. The Labute approximate surface area is 199 Å². The highest BCUT2D eigenvalue weighted by Crippen LogP contribution is 2.30. The lowest BCUT2D eigenvalue weighted by atomic mass is 9.93. The first-order valence-electron chi connectivity index (χ1n) is 12.1. The average molecular weight is 472 g/mol. The van der Waals surface area contributed by atoms with Gasteiger partial charge in [0.05, 0.1) is 35.8 Å². The van der Waals surface area contributed by atoms with Crippen molar-refractivity contribution in [3.05, 3.63) is 24.5 Å². The van der Waals surface area contributed by atoms with Gasteiger partial charge in [-0.1, -0.05) is 6.92 Å². The predicted octanol–water partition coefficient (Wildman–Crippen LogP) is 2.69. The Morgan fingerprint density at radius 2 is 1.97 bits per heavy atom. The molecular formula is C24H34FN7O2. The van der Waals surface area contributed by atoms with Gasteiger partial charge >= 0.3 is 0 Å². The van der Waals surface area contributed by atoms with Crippen LogP contribution in [0.3, 0.4) is 0 Å². The number of rotatable bonds is 8. The van der Waals surface area contributed by atoms with Crippen LogP contribution in [-0.4, -0.2) is 82.4 Å². The zero-order valence-electron chi connectivity index (χ0n) is 19.9. The molecule has 0 radical (unpaired) electrons. The number of piperazine rings is 1. The van der Waals surface area contributed by atoms with Gasteiger partial charge in [0.1, 0.15) is 12.0 Å². The topological polar surface area (TPSA) is 107 Å². The van der Waals surface area contributed by atoms with Crippen molar-refractivity contribution in [2.24, 2.45) is 0 Å². The molecule has 3 N–H and O–H groups in total. The van der Waals surface area contributed by atoms with E-state index in [4.69, 9.17) is 0 Å². The number of aliphatic hydroxyl groups excluding tert-OH is 1. The van der Waals surface area contributed by atoms with E-state index in [1.165, 1.54) is 0 Å². The van der Waals surface area contributed by atoms with E-state index in [-0.39, 0.29) is 24.6 Å². The van der Waals surface area contributed by atoms with Crippen LogP contribution in [-0.2, 0) is 4.79 Å². The Morgan fingerprint density at radius 3 is 2.65 bits per heavy atom. The third-order valence-electron chi connectivity index (χ3n) is 6.60. The van der Waals surface area contributed by atoms with E-state index in [0.29, 0.717) is 37.0 Å². The molecule has 1 amide bonds. The van der Waals surface area contributed by atoms with Crippen molar-refractivity contribution in [2.45, 2.75) is 57.3 Å². The second-order valence-electron chi connectivity index (χ2n) is 9.13. The number of likely N-dealkylation sites (N-methyl/N-ethyl adjacent to an activating group) is 1. The zero-order chi connectivity index (χ0) is 24.1. The molecule has 4 rings (SSSR count). The summed E-state index contributed by atoms with van der Waals surface area (Å²) in [5.74, 6) is 1.10. The lowest BCUT2D eigenvalue weighted by Crippen LogP contribution is -2.48. The Balaban J connectivity index is 1.54. The average Bonchev–Trinajstić information content (AvgIpc) is 2.86. The fourth-order valence-electron chi connectivity index (χ4n) is 4.24. The van der Waals surface area contributed by atoms with Crippen LogP contribution in [0, 0.1) is 0 Å². The molecule has 0 aromatic carbocycles. The summed E-state index contributed by atoms with van der Waals surface area (Å²) in [6.07, 6.45) is 5.89. The van der Waals surface area contributed by atoms with Crippen molar-refractivity contribution >= 4 is 23.4 Å². The third-order valence-corrected chi connectivity index (χ3v) is 6.60. The van der Waals surface area contributed by atoms with Crippen molar-refractivity contribution in [1.29, 1.82) is 0 Å². The minimum Gasteiger partial charge on any atom is -0.393 e. The zero-order valence-corrected chi connectivity index (χ0v) is 19.9. The minimum atomic E-state index is -0.963. The second-order valence-corrected chi connectivity index (χ2v) is 9.13. The van der Waals surface area contributed by atoms with Gasteiger partial charge in [0.15, 0.2) is 0 Å². The fourth-order valence-corrected chi connectivity index (χ4v) is 4.24. The van der Waals surface area contributed by atoms with Gasteiger partial charge in [-0.15, -0.1) is 0 Å². The maximum absolute atomic E-state index is 13.7. The van der Waals surface area contributed by atoms with Gasteiger partial charge in [-0.3, -0.25) is 9.78 Å². The summed E-state index contributed by atoms with van der Waals surface area (Å²) < 4.78 is 13.7. The van der Waals surface area contributed by atoms with E-state index in [1.54, 1.807) is 24.2 Å². The van der Waals surface area contributed by atoms with Gasteiger partial charge in [-0.2, -0.15) is 4.98 Å². The smallest absolute Gasteiger partial charge is 0.241 e. The van der Waals surface area contributed by atoms with Gasteiger partial charge in [-0.25, -0.2) is 9.37 Å². The summed E-state index contributed by atoms with van der Waals surface area (Å²) in [5, 5.41) is 16.3. The molecule has 0 unspecified atom stereocenters. The fraction of sp³-hybridized carbons (Fsp3) is 0.583. The number of aliphatic hydroxyl groups is 1. The Morgan fingerprint density at radius 1 is 1.18 bits per heavy atom. The molecule has 10 heteroatoms. The molecule has 2 aromatic heterocycles. The molecule has 34 heavy (non-hydrogen) atoms. The number of nitrogens with zero attached hydrogens (tertiary/aromatic N) is 5. The Hall–Kier alpha value is -3.01. The number of carbonyl (C=O) groups excluding carboxylic acids is 1. The van der Waals surface area contributed by atoms with Crippen LogP contribution in [0.25, 0.3) is 11.3 Å². The summed E-state index contributed by atoms with van der Waals surface area (Å²) in [4.78, 5) is 29.5. The summed E-state index contributed by atoms with van der Waals surface area (Å²) in [6, 6.07) is 4.06. The maximum Gasteiger partial charge on any atom is 0.241 e. The quantitative estimate of drug-likeness (QED) is 0.540. The highest BCUT2D eigenvalue weighted by molar-refractivity contribution is 5.82. The normalized spacial score (nSPS) is 21.9. The van der Waals surface area contributed by atoms with Crippen LogP contribution in [0.15, 0.2) is 24.5 Å². The monoisotopic (exact) mass is 471 g/mol. The van der Waals surface area contributed by atoms with Gasteiger partial charge in [0.25, 0.3) is 0 Å². The first-order chi connectivity index (χ1) is 16.4. The van der Waals surface area contributed by atoms with E-state index >= 15 is 0 Å². The Kier molecular flexibility index (Phi) is 7.77. The molecule has 3 heterocycles. The van der Waals surface area contributed by atoms with Crippen LogP contribution in [0.5, 0.6) is 0 Å². The van der Waals surface area contributed by atoms with Gasteiger partial charge in [0.2, 0.25) is 11.9 Å². The summed E-state index contributed by atoms with van der Waals surface area (Å²) >= 11 is 0. The summed E-state index contributed by atoms with van der Waals surface area (Å²) in [6.45, 7) is 3.75. The molecule has 2 fully saturated rings. The van der Waals surface area contributed by atoms with Crippen LogP contribution in [0.4, 0.5) is 21.8 Å². The van der Waals surface area contributed by atoms with Crippen molar-refractivity contribution in [2.75, 3.05) is 48.8 Å². The van der Waals surface area contributed by atoms with Crippen molar-refractivity contribution < 1.29 is 14.3 Å². The molecule has 0 spiro atoms. The number of nitrogens with one attached hydrogen (secondary N) is 2. The van der Waals surface area contributed by atoms with Gasteiger partial charge < -0.3 is 25.5 Å². The van der Waals surface area contributed by atoms with E-state index in [9.17, 15) is 14.3 Å². The number of pyridine rings is 1. The molecule has 9 nitrogen and oxygen atoms in total. The summed E-state index contributed by atoms with van der Waals surface area (Å²) in [7, 11) is 1.82. The van der Waals surface area contributed by atoms with Crippen molar-refractivity contribution in [3.8, 4) is 11.3 Å². The molecule has 0 bridgehead atoms. The first kappa shape index (κ1) is 24.1. The highest BCUT2D eigenvalue weighted by atomic mass is 19.1. The van der Waals surface area contributed by atoms with E-state index in [0.717, 1.165) is 43.5 Å². The predicted molar refractivity (Wildman–Crippen MR) is 131 cm³/mol. The van der Waals surface area contributed by atoms with Gasteiger partial charge in [-0.05, 0) is 44.2 Å². The molecule has 1 aliphatic carbocycles. The van der Waals surface area contributed by atoms with Crippen LogP contribution in [0.1, 0.15) is 39.0 Å². The first-order valence-corrected chi connectivity index (χ1v) is 12.1. The largest absolute Gasteiger partial charge is 0.393 e. The van der Waals surface area contributed by atoms with E-state index < -0.39 is 6.17 Å². The molecule has 1 saturated heterocycles. The second kappa shape index (κ2) is 10.9. The number of amides is 1. The molecule has 2 aromatic rings. The lowest BCUT2D eigenvalue weighted by molar-refractivity contribution is -0.129. The molecule has 1 saturated carbocycles. The van der Waals surface area contributed by atoms with Crippen LogP contribution in [0.2, 0.25) is 0 Å². The molecule has 184 valence electrons. The number of aromatic nitrogens is 3. The number of hydrogen-bond acceptors (Lipinski definition) is 8. The molecule has 1 aliphatic heterocycles. The van der Waals surface area contributed by atoms with E-state index in [1.807, 2.05) is 24.1 Å². The number of alkyl halides is 1. The standard InChI is InChI=1S/C24H34FN7O2/c1-3-16(25)12-27-24-28-14-20(23(30-24)29-17-4-7-19(33)8-5-17)21-9-6-18(13-26-21)32-11-10-31(2)22(34)15-32/h6,9,13-14,16-17,19,33H,3-5,7-8,10-12,15H2,1-2H3,(H2,27,28,29,30)/t16-,17?,19?/m0/s1. The SMILES string of the molecule is CC[C@H](F)CNc1ncc(-c2ccc(N3CCN(C)C(=O)C3)cn2)c(NC2CCC(O)CC2)n1. The maximum atomic E-state index is 13.7. The van der Waals surface area contributed by atoms with Crippen LogP contribution >= 0.6 is 0 Å². The highest BCUT2D eigenvalue weighted by Gasteiger charge is 2.23. The number of halogens is 1. The number of carbonyl (C=O) groups is 1. The number of hydrogen-bond donors (Lipinski definition) is 3. The van der Waals surface area contributed by atoms with E-state index in [2.05, 4.69) is 25.6 Å².